The van der Waals surface area contributed by atoms with Crippen molar-refractivity contribution in [1.29, 1.82) is 0 Å². The summed E-state index contributed by atoms with van der Waals surface area (Å²) in [6.45, 7) is 3.81. The topological polar surface area (TPSA) is 75.7 Å². The molecule has 1 amide bonds. The predicted octanol–water partition coefficient (Wildman–Crippen LogP) is 2.99. The van der Waals surface area contributed by atoms with E-state index in [0.717, 1.165) is 10.5 Å². The molecule has 1 heterocycles. The number of thioether (sulfide) groups is 1. The predicted molar refractivity (Wildman–Crippen MR) is 107 cm³/mol. The minimum absolute atomic E-state index is 0.0700. The number of rotatable bonds is 5. The zero-order valence-electron chi connectivity index (χ0n) is 15.3. The lowest BCUT2D eigenvalue weighted by atomic mass is 10.1. The monoisotopic (exact) mass is 406 g/mol. The van der Waals surface area contributed by atoms with Gasteiger partial charge in [-0.2, -0.15) is 0 Å². The van der Waals surface area contributed by atoms with Crippen LogP contribution in [0.1, 0.15) is 15.9 Å². The van der Waals surface area contributed by atoms with Crippen LogP contribution in [0.2, 0.25) is 0 Å². The lowest BCUT2D eigenvalue weighted by Gasteiger charge is -2.27. The summed E-state index contributed by atoms with van der Waals surface area (Å²) in [4.78, 5) is 15.4. The van der Waals surface area contributed by atoms with Gasteiger partial charge in [0, 0.05) is 23.5 Å². The number of carbonyl (C=O) groups is 1. The number of amides is 1. The van der Waals surface area contributed by atoms with E-state index in [0.29, 0.717) is 37.6 Å². The molecule has 0 saturated carbocycles. The van der Waals surface area contributed by atoms with E-state index in [1.165, 1.54) is 23.9 Å². The first-order valence-electron chi connectivity index (χ1n) is 8.56. The van der Waals surface area contributed by atoms with Gasteiger partial charge in [-0.05, 0) is 43.0 Å². The van der Waals surface area contributed by atoms with Crippen LogP contribution in [0.25, 0.3) is 0 Å². The molecule has 27 heavy (non-hydrogen) atoms. The van der Waals surface area contributed by atoms with Crippen molar-refractivity contribution >= 4 is 33.4 Å². The van der Waals surface area contributed by atoms with Crippen LogP contribution in [0.4, 0.5) is 5.69 Å². The second kappa shape index (κ2) is 8.33. The number of sulfonamides is 1. The Morgan fingerprint density at radius 2 is 1.85 bits per heavy atom. The number of nitrogens with zero attached hydrogens (tertiary/aromatic N) is 1. The number of benzene rings is 2. The highest BCUT2D eigenvalue weighted by Gasteiger charge is 2.23. The van der Waals surface area contributed by atoms with Crippen LogP contribution in [0, 0.1) is 6.92 Å². The number of morpholine rings is 1. The molecule has 0 unspecified atom stereocenters. The normalized spacial score (nSPS) is 14.8. The van der Waals surface area contributed by atoms with E-state index in [9.17, 15) is 13.2 Å². The fourth-order valence-electron chi connectivity index (χ4n) is 2.87. The fraction of sp³-hybridized carbons (Fsp3) is 0.316. The van der Waals surface area contributed by atoms with Gasteiger partial charge in [-0.3, -0.25) is 9.52 Å². The molecule has 1 aliphatic rings. The summed E-state index contributed by atoms with van der Waals surface area (Å²) in [5, 5.41) is 0. The average Bonchev–Trinajstić information content (AvgIpc) is 2.68. The Labute approximate surface area is 164 Å². The summed E-state index contributed by atoms with van der Waals surface area (Å²) in [5.74, 6) is -0.169. The maximum absolute atomic E-state index is 12.9. The summed E-state index contributed by atoms with van der Waals surface area (Å²) in [6.07, 6.45) is 1.89. The molecule has 0 aliphatic carbocycles. The summed E-state index contributed by atoms with van der Waals surface area (Å²) in [6, 6.07) is 11.9. The molecule has 2 aromatic carbocycles. The maximum Gasteiger partial charge on any atom is 0.261 e. The Morgan fingerprint density at radius 1 is 1.15 bits per heavy atom. The molecule has 0 atom stereocenters. The van der Waals surface area contributed by atoms with E-state index < -0.39 is 10.0 Å². The van der Waals surface area contributed by atoms with Gasteiger partial charge in [0.2, 0.25) is 0 Å². The molecule has 6 nitrogen and oxygen atoms in total. The highest BCUT2D eigenvalue weighted by Crippen LogP contribution is 2.27. The number of para-hydroxylation sites is 1. The summed E-state index contributed by atoms with van der Waals surface area (Å²) in [7, 11) is -3.81. The van der Waals surface area contributed by atoms with Crippen LogP contribution in [0.3, 0.4) is 0 Å². The average molecular weight is 407 g/mol. The lowest BCUT2D eigenvalue weighted by Crippen LogP contribution is -2.41. The number of ether oxygens (including phenoxy) is 1. The van der Waals surface area contributed by atoms with Crippen molar-refractivity contribution in [2.45, 2.75) is 16.7 Å². The standard InChI is InChI=1S/C19H22N2O4S2/c1-14-7-8-15(13-16(14)19(22)21-9-11-25-12-10-21)27(23,24)20-17-5-3-4-6-18(17)26-2/h3-8,13,20H,9-12H2,1-2H3. The van der Waals surface area contributed by atoms with Gasteiger partial charge in [0.1, 0.15) is 0 Å². The third-order valence-corrected chi connectivity index (χ3v) is 6.56. The zero-order valence-corrected chi connectivity index (χ0v) is 16.9. The molecular weight excluding hydrogens is 384 g/mol. The van der Waals surface area contributed by atoms with Crippen molar-refractivity contribution < 1.29 is 17.9 Å². The molecule has 0 bridgehead atoms. The number of carbonyl (C=O) groups excluding carboxylic acids is 1. The van der Waals surface area contributed by atoms with E-state index in [1.807, 2.05) is 18.4 Å². The fourth-order valence-corrected chi connectivity index (χ4v) is 4.59. The van der Waals surface area contributed by atoms with Crippen molar-refractivity contribution in [2.75, 3.05) is 37.3 Å². The second-order valence-electron chi connectivity index (χ2n) is 6.19. The van der Waals surface area contributed by atoms with E-state index in [1.54, 1.807) is 30.0 Å². The third-order valence-electron chi connectivity index (χ3n) is 4.40. The Balaban J connectivity index is 1.91. The molecular formula is C19H22N2O4S2. The number of nitrogens with one attached hydrogen (secondary N) is 1. The van der Waals surface area contributed by atoms with Crippen LogP contribution in [0.15, 0.2) is 52.3 Å². The minimum Gasteiger partial charge on any atom is -0.378 e. The number of aryl methyl sites for hydroxylation is 1. The number of anilines is 1. The molecule has 8 heteroatoms. The highest BCUT2D eigenvalue weighted by molar-refractivity contribution is 7.99. The van der Waals surface area contributed by atoms with Gasteiger partial charge in [0.05, 0.1) is 23.8 Å². The van der Waals surface area contributed by atoms with Gasteiger partial charge in [-0.15, -0.1) is 11.8 Å². The van der Waals surface area contributed by atoms with Gasteiger partial charge in [0.15, 0.2) is 0 Å². The van der Waals surface area contributed by atoms with Gasteiger partial charge in [0.25, 0.3) is 15.9 Å². The molecule has 1 aliphatic heterocycles. The number of hydrogen-bond donors (Lipinski definition) is 1. The second-order valence-corrected chi connectivity index (χ2v) is 8.72. The minimum atomic E-state index is -3.81. The molecule has 2 aromatic rings. The maximum atomic E-state index is 12.9. The van der Waals surface area contributed by atoms with Crippen LogP contribution in [-0.4, -0.2) is 51.8 Å². The van der Waals surface area contributed by atoms with Gasteiger partial charge < -0.3 is 9.64 Å². The molecule has 144 valence electrons. The molecule has 0 aromatic heterocycles. The summed E-state index contributed by atoms with van der Waals surface area (Å²) >= 11 is 1.46. The Kier molecular flexibility index (Phi) is 6.08. The first kappa shape index (κ1) is 19.7. The smallest absolute Gasteiger partial charge is 0.261 e. The molecule has 1 saturated heterocycles. The van der Waals surface area contributed by atoms with E-state index >= 15 is 0 Å². The molecule has 1 fully saturated rings. The van der Waals surface area contributed by atoms with Gasteiger partial charge in [-0.1, -0.05) is 18.2 Å². The highest BCUT2D eigenvalue weighted by atomic mass is 32.2. The summed E-state index contributed by atoms with van der Waals surface area (Å²) < 4.78 is 33.6. The SMILES string of the molecule is CSc1ccccc1NS(=O)(=O)c1ccc(C)c(C(=O)N2CCOCC2)c1. The van der Waals surface area contributed by atoms with E-state index in [4.69, 9.17) is 4.74 Å². The van der Waals surface area contributed by atoms with Crippen molar-refractivity contribution in [1.82, 2.24) is 4.90 Å². The van der Waals surface area contributed by atoms with Crippen LogP contribution in [0.5, 0.6) is 0 Å². The summed E-state index contributed by atoms with van der Waals surface area (Å²) in [5.41, 5.74) is 1.67. The first-order valence-corrected chi connectivity index (χ1v) is 11.3. The third kappa shape index (κ3) is 4.45. The number of hydrogen-bond acceptors (Lipinski definition) is 5. The molecule has 0 radical (unpaired) electrons. The van der Waals surface area contributed by atoms with Gasteiger partial charge in [-0.25, -0.2) is 8.42 Å². The first-order chi connectivity index (χ1) is 12.9. The Morgan fingerprint density at radius 3 is 2.56 bits per heavy atom. The van der Waals surface area contributed by atoms with Crippen LogP contribution >= 0.6 is 11.8 Å². The zero-order chi connectivity index (χ0) is 19.4. The van der Waals surface area contributed by atoms with Crippen molar-refractivity contribution in [3.63, 3.8) is 0 Å². The quantitative estimate of drug-likeness (QED) is 0.773. The molecule has 1 N–H and O–H groups in total. The Hall–Kier alpha value is -2.03. The largest absolute Gasteiger partial charge is 0.378 e. The van der Waals surface area contributed by atoms with Crippen LogP contribution < -0.4 is 4.72 Å². The van der Waals surface area contributed by atoms with Crippen molar-refractivity contribution in [3.8, 4) is 0 Å². The lowest BCUT2D eigenvalue weighted by molar-refractivity contribution is 0.0302. The van der Waals surface area contributed by atoms with E-state index in [-0.39, 0.29) is 10.8 Å². The van der Waals surface area contributed by atoms with Gasteiger partial charge >= 0.3 is 0 Å². The Bertz CT molecular complexity index is 938. The molecule has 3 rings (SSSR count). The van der Waals surface area contributed by atoms with E-state index in [2.05, 4.69) is 4.72 Å². The van der Waals surface area contributed by atoms with Crippen molar-refractivity contribution in [2.24, 2.45) is 0 Å². The molecule has 0 spiro atoms. The van der Waals surface area contributed by atoms with Crippen molar-refractivity contribution in [3.05, 3.63) is 53.6 Å². The van der Waals surface area contributed by atoms with Crippen LogP contribution in [-0.2, 0) is 14.8 Å².